The average Bonchev–Trinajstić information content (AvgIpc) is 2.83. The zero-order chi connectivity index (χ0) is 13.4. The number of fused-ring (bicyclic) bond motifs is 1. The first kappa shape index (κ1) is 12.7. The molecule has 0 saturated heterocycles. The van der Waals surface area contributed by atoms with E-state index in [1.165, 1.54) is 11.1 Å². The van der Waals surface area contributed by atoms with Crippen LogP contribution in [0.3, 0.4) is 0 Å². The predicted octanol–water partition coefficient (Wildman–Crippen LogP) is 3.80. The largest absolute Gasteiger partial charge is 0.307 e. The Morgan fingerprint density at radius 2 is 2.00 bits per heavy atom. The van der Waals surface area contributed by atoms with Gasteiger partial charge in [-0.2, -0.15) is 0 Å². The number of halogens is 1. The number of aryl methyl sites for hydroxylation is 1. The number of benzene rings is 2. The fourth-order valence-corrected chi connectivity index (χ4v) is 3.18. The van der Waals surface area contributed by atoms with Gasteiger partial charge in [-0.25, -0.2) is 0 Å². The van der Waals surface area contributed by atoms with Gasteiger partial charge >= 0.3 is 0 Å². The number of rotatable bonds is 1. The van der Waals surface area contributed by atoms with Gasteiger partial charge in [0.2, 0.25) is 0 Å². The van der Waals surface area contributed by atoms with E-state index in [2.05, 4.69) is 47.7 Å². The SMILES string of the molecule is Cc1cccc2c1N(C(=O)c1cccc(I)c1)CC2. The van der Waals surface area contributed by atoms with Crippen molar-refractivity contribution in [3.8, 4) is 0 Å². The Morgan fingerprint density at radius 3 is 2.79 bits per heavy atom. The minimum Gasteiger partial charge on any atom is -0.307 e. The molecule has 1 aliphatic rings. The number of hydrogen-bond acceptors (Lipinski definition) is 1. The first-order valence-corrected chi connectivity index (χ1v) is 7.40. The highest BCUT2D eigenvalue weighted by Gasteiger charge is 2.26. The molecule has 2 aromatic rings. The third-order valence-corrected chi connectivity index (χ3v) is 4.18. The highest BCUT2D eigenvalue weighted by atomic mass is 127. The Kier molecular flexibility index (Phi) is 3.31. The van der Waals surface area contributed by atoms with Crippen molar-refractivity contribution < 1.29 is 4.79 Å². The molecule has 1 heterocycles. The molecular weight excluding hydrogens is 349 g/mol. The summed E-state index contributed by atoms with van der Waals surface area (Å²) in [5.41, 5.74) is 4.32. The van der Waals surface area contributed by atoms with Crippen molar-refractivity contribution in [2.75, 3.05) is 11.4 Å². The van der Waals surface area contributed by atoms with Crippen LogP contribution in [-0.4, -0.2) is 12.5 Å². The van der Waals surface area contributed by atoms with Crippen molar-refractivity contribution in [3.63, 3.8) is 0 Å². The van der Waals surface area contributed by atoms with Gasteiger partial charge in [0.25, 0.3) is 5.91 Å². The van der Waals surface area contributed by atoms with Gasteiger partial charge in [-0.1, -0.05) is 24.3 Å². The van der Waals surface area contributed by atoms with E-state index in [9.17, 15) is 4.79 Å². The van der Waals surface area contributed by atoms with Gasteiger partial charge in [-0.15, -0.1) is 0 Å². The third-order valence-electron chi connectivity index (χ3n) is 3.51. The van der Waals surface area contributed by atoms with Crippen LogP contribution in [0.5, 0.6) is 0 Å². The number of anilines is 1. The lowest BCUT2D eigenvalue weighted by Crippen LogP contribution is -2.29. The summed E-state index contributed by atoms with van der Waals surface area (Å²) in [6, 6.07) is 14.0. The summed E-state index contributed by atoms with van der Waals surface area (Å²) in [4.78, 5) is 14.5. The van der Waals surface area contributed by atoms with Crippen LogP contribution >= 0.6 is 22.6 Å². The van der Waals surface area contributed by atoms with Gasteiger partial charge in [-0.3, -0.25) is 4.79 Å². The molecule has 0 fully saturated rings. The summed E-state index contributed by atoms with van der Waals surface area (Å²) in [7, 11) is 0. The lowest BCUT2D eigenvalue weighted by molar-refractivity contribution is 0.0989. The summed E-state index contributed by atoms with van der Waals surface area (Å²) in [5.74, 6) is 0.103. The van der Waals surface area contributed by atoms with E-state index in [0.717, 1.165) is 27.8 Å². The molecular formula is C16H14INO. The van der Waals surface area contributed by atoms with E-state index in [1.807, 2.05) is 29.2 Å². The molecule has 0 radical (unpaired) electrons. The zero-order valence-corrected chi connectivity index (χ0v) is 12.8. The van der Waals surface area contributed by atoms with Crippen molar-refractivity contribution in [1.82, 2.24) is 0 Å². The van der Waals surface area contributed by atoms with Crippen LogP contribution in [0.1, 0.15) is 21.5 Å². The molecule has 2 aromatic carbocycles. The van der Waals surface area contributed by atoms with Crippen molar-refractivity contribution in [1.29, 1.82) is 0 Å². The predicted molar refractivity (Wildman–Crippen MR) is 85.7 cm³/mol. The Hall–Kier alpha value is -1.36. The fourth-order valence-electron chi connectivity index (χ4n) is 2.63. The molecule has 1 aliphatic heterocycles. The van der Waals surface area contributed by atoms with Gasteiger partial charge in [0, 0.05) is 15.7 Å². The first-order valence-electron chi connectivity index (χ1n) is 6.33. The Labute approximate surface area is 126 Å². The molecule has 0 atom stereocenters. The van der Waals surface area contributed by atoms with Gasteiger partial charge in [0.1, 0.15) is 0 Å². The molecule has 0 saturated carbocycles. The molecule has 0 bridgehead atoms. The molecule has 0 aliphatic carbocycles. The van der Waals surface area contributed by atoms with Crippen LogP contribution in [0.4, 0.5) is 5.69 Å². The maximum atomic E-state index is 12.6. The molecule has 1 amide bonds. The molecule has 96 valence electrons. The second kappa shape index (κ2) is 4.96. The van der Waals surface area contributed by atoms with E-state index < -0.39 is 0 Å². The smallest absolute Gasteiger partial charge is 0.258 e. The van der Waals surface area contributed by atoms with E-state index >= 15 is 0 Å². The monoisotopic (exact) mass is 363 g/mol. The molecule has 2 nitrogen and oxygen atoms in total. The molecule has 19 heavy (non-hydrogen) atoms. The quantitative estimate of drug-likeness (QED) is 0.706. The standard InChI is InChI=1S/C16H14INO/c1-11-4-2-5-12-8-9-18(15(11)12)16(19)13-6-3-7-14(17)10-13/h2-7,10H,8-9H2,1H3. The summed E-state index contributed by atoms with van der Waals surface area (Å²) in [5, 5.41) is 0. The van der Waals surface area contributed by atoms with Crippen molar-refractivity contribution in [2.45, 2.75) is 13.3 Å². The van der Waals surface area contributed by atoms with Gasteiger partial charge in [-0.05, 0) is 65.3 Å². The highest BCUT2D eigenvalue weighted by Crippen LogP contribution is 2.32. The second-order valence-corrected chi connectivity index (χ2v) is 6.05. The number of carbonyl (C=O) groups excluding carboxylic acids is 1. The van der Waals surface area contributed by atoms with Crippen LogP contribution in [-0.2, 0) is 6.42 Å². The number of amides is 1. The summed E-state index contributed by atoms with van der Waals surface area (Å²) >= 11 is 2.24. The Morgan fingerprint density at radius 1 is 1.21 bits per heavy atom. The molecule has 3 heteroatoms. The molecule has 0 spiro atoms. The lowest BCUT2D eigenvalue weighted by Gasteiger charge is -2.19. The normalized spacial score (nSPS) is 13.5. The minimum atomic E-state index is 0.103. The molecule has 0 N–H and O–H groups in total. The first-order chi connectivity index (χ1) is 9.16. The number of hydrogen-bond donors (Lipinski definition) is 0. The molecule has 3 rings (SSSR count). The summed E-state index contributed by atoms with van der Waals surface area (Å²) in [6.45, 7) is 2.85. The average molecular weight is 363 g/mol. The Balaban J connectivity index is 2.00. The summed E-state index contributed by atoms with van der Waals surface area (Å²) in [6.07, 6.45) is 0.951. The van der Waals surface area contributed by atoms with Crippen molar-refractivity contribution in [2.24, 2.45) is 0 Å². The van der Waals surface area contributed by atoms with Gasteiger partial charge in [0.05, 0.1) is 5.69 Å². The minimum absolute atomic E-state index is 0.103. The fraction of sp³-hybridized carbons (Fsp3) is 0.188. The second-order valence-electron chi connectivity index (χ2n) is 4.80. The third kappa shape index (κ3) is 2.27. The van der Waals surface area contributed by atoms with Crippen LogP contribution < -0.4 is 4.90 Å². The Bertz CT molecular complexity index is 651. The summed E-state index contributed by atoms with van der Waals surface area (Å²) < 4.78 is 1.09. The van der Waals surface area contributed by atoms with Crippen LogP contribution in [0.2, 0.25) is 0 Å². The van der Waals surface area contributed by atoms with E-state index in [4.69, 9.17) is 0 Å². The lowest BCUT2D eigenvalue weighted by atomic mass is 10.1. The number of nitrogens with zero attached hydrogens (tertiary/aromatic N) is 1. The highest BCUT2D eigenvalue weighted by molar-refractivity contribution is 14.1. The molecule has 0 unspecified atom stereocenters. The topological polar surface area (TPSA) is 20.3 Å². The van der Waals surface area contributed by atoms with Gasteiger partial charge < -0.3 is 4.90 Å². The molecule has 0 aromatic heterocycles. The number of carbonyl (C=O) groups is 1. The number of para-hydroxylation sites is 1. The van der Waals surface area contributed by atoms with Crippen molar-refractivity contribution >= 4 is 34.2 Å². The van der Waals surface area contributed by atoms with Crippen molar-refractivity contribution in [3.05, 3.63) is 62.7 Å². The zero-order valence-electron chi connectivity index (χ0n) is 10.7. The maximum Gasteiger partial charge on any atom is 0.258 e. The van der Waals surface area contributed by atoms with Crippen LogP contribution in [0.25, 0.3) is 0 Å². The van der Waals surface area contributed by atoms with E-state index in [1.54, 1.807) is 0 Å². The van der Waals surface area contributed by atoms with Crippen LogP contribution in [0.15, 0.2) is 42.5 Å². The van der Waals surface area contributed by atoms with E-state index in [-0.39, 0.29) is 5.91 Å². The van der Waals surface area contributed by atoms with E-state index in [0.29, 0.717) is 0 Å². The maximum absolute atomic E-state index is 12.6. The van der Waals surface area contributed by atoms with Gasteiger partial charge in [0.15, 0.2) is 0 Å². The van der Waals surface area contributed by atoms with Crippen LogP contribution in [0, 0.1) is 10.5 Å².